The smallest absolute Gasteiger partial charge is 0.407 e. The first-order chi connectivity index (χ1) is 19.5. The van der Waals surface area contributed by atoms with Crippen molar-refractivity contribution in [3.05, 3.63) is 77.2 Å². The van der Waals surface area contributed by atoms with E-state index in [9.17, 15) is 19.8 Å². The Morgan fingerprint density at radius 2 is 1.90 bits per heavy atom. The minimum atomic E-state index is -1.10. The Balaban J connectivity index is 1.42. The summed E-state index contributed by atoms with van der Waals surface area (Å²) in [4.78, 5) is 39.0. The molecule has 10 nitrogen and oxygen atoms in total. The summed E-state index contributed by atoms with van der Waals surface area (Å²) in [6.07, 6.45) is 2.90. The summed E-state index contributed by atoms with van der Waals surface area (Å²) in [6, 6.07) is 13.8. The first kappa shape index (κ1) is 28.4. The van der Waals surface area contributed by atoms with Gasteiger partial charge in [-0.2, -0.15) is 0 Å². The van der Waals surface area contributed by atoms with E-state index in [0.717, 1.165) is 0 Å². The number of benzene rings is 2. The molecule has 0 bridgehead atoms. The fourth-order valence-corrected chi connectivity index (χ4v) is 5.81. The van der Waals surface area contributed by atoms with Gasteiger partial charge in [-0.3, -0.25) is 9.69 Å². The van der Waals surface area contributed by atoms with Gasteiger partial charge in [-0.25, -0.2) is 14.8 Å². The zero-order chi connectivity index (χ0) is 29.4. The molecule has 0 aliphatic carbocycles. The van der Waals surface area contributed by atoms with Gasteiger partial charge in [0, 0.05) is 30.4 Å². The fourth-order valence-electron chi connectivity index (χ4n) is 5.55. The van der Waals surface area contributed by atoms with Crippen LogP contribution >= 0.6 is 11.6 Å². The molecule has 2 aromatic heterocycles. The van der Waals surface area contributed by atoms with E-state index in [4.69, 9.17) is 16.3 Å². The molecule has 5 rings (SSSR count). The highest BCUT2D eigenvalue weighted by Gasteiger charge is 2.51. The molecule has 2 atom stereocenters. The number of carboxylic acid groups (broad SMARTS) is 1. The third-order valence-electron chi connectivity index (χ3n) is 7.93. The highest BCUT2D eigenvalue weighted by molar-refractivity contribution is 6.35. The minimum absolute atomic E-state index is 0.140. The van der Waals surface area contributed by atoms with Crippen LogP contribution in [-0.4, -0.2) is 66.7 Å². The normalized spacial score (nSPS) is 19.2. The molecular weight excluding hydrogens is 546 g/mol. The largest absolute Gasteiger partial charge is 0.465 e. The lowest BCUT2D eigenvalue weighted by molar-refractivity contribution is -0.0614. The molecule has 1 aliphatic heterocycles. The van der Waals surface area contributed by atoms with Crippen LogP contribution in [-0.2, 0) is 0 Å². The number of aliphatic hydroxyl groups excluding tert-OH is 1. The van der Waals surface area contributed by atoms with Crippen LogP contribution in [0.25, 0.3) is 11.0 Å². The SMILES string of the molecule is CC(C)(C)C1(CO)CCC(Nc2ncnc3[nH]cc(C(=O)c4ccc(Oc5ccccc5)cc4Cl)c23)CN1C(=O)O. The Bertz CT molecular complexity index is 1590. The maximum atomic E-state index is 13.7. The van der Waals surface area contributed by atoms with Crippen LogP contribution in [0.3, 0.4) is 0 Å². The van der Waals surface area contributed by atoms with Gasteiger partial charge in [0.2, 0.25) is 0 Å². The molecule has 3 heterocycles. The quantitative estimate of drug-likeness (QED) is 0.197. The lowest BCUT2D eigenvalue weighted by atomic mass is 9.68. The number of rotatable bonds is 7. The number of piperidine rings is 1. The summed E-state index contributed by atoms with van der Waals surface area (Å²) in [7, 11) is 0. The van der Waals surface area contributed by atoms with Crippen molar-refractivity contribution in [3.8, 4) is 11.5 Å². The zero-order valence-corrected chi connectivity index (χ0v) is 23.8. The number of nitrogens with zero attached hydrogens (tertiary/aromatic N) is 3. The first-order valence-corrected chi connectivity index (χ1v) is 13.7. The maximum absolute atomic E-state index is 13.7. The number of hydrogen-bond donors (Lipinski definition) is 4. The molecule has 4 N–H and O–H groups in total. The van der Waals surface area contributed by atoms with E-state index in [1.807, 2.05) is 51.1 Å². The minimum Gasteiger partial charge on any atom is -0.465 e. The van der Waals surface area contributed by atoms with Gasteiger partial charge in [-0.15, -0.1) is 0 Å². The topological polar surface area (TPSA) is 141 Å². The number of fused-ring (bicyclic) bond motifs is 1. The molecule has 214 valence electrons. The number of ether oxygens (including phenoxy) is 1. The molecule has 2 aromatic carbocycles. The number of nitrogens with one attached hydrogen (secondary N) is 2. The van der Waals surface area contributed by atoms with Gasteiger partial charge in [-0.05, 0) is 42.5 Å². The molecule has 1 saturated heterocycles. The number of amides is 1. The Labute approximate surface area is 242 Å². The van der Waals surface area contributed by atoms with E-state index in [-0.39, 0.29) is 35.6 Å². The van der Waals surface area contributed by atoms with Gasteiger partial charge in [0.15, 0.2) is 5.78 Å². The first-order valence-electron chi connectivity index (χ1n) is 13.3. The second-order valence-electron chi connectivity index (χ2n) is 11.2. The molecule has 0 spiro atoms. The molecule has 1 aliphatic rings. The average Bonchev–Trinajstić information content (AvgIpc) is 3.38. The van der Waals surface area contributed by atoms with Gasteiger partial charge in [0.1, 0.15) is 29.3 Å². The third kappa shape index (κ3) is 5.32. The van der Waals surface area contributed by atoms with Crippen molar-refractivity contribution in [1.82, 2.24) is 19.9 Å². The van der Waals surface area contributed by atoms with Crippen LogP contribution in [0.1, 0.15) is 49.5 Å². The molecule has 0 saturated carbocycles. The summed E-state index contributed by atoms with van der Waals surface area (Å²) >= 11 is 6.54. The van der Waals surface area contributed by atoms with Crippen molar-refractivity contribution in [3.63, 3.8) is 0 Å². The molecule has 1 amide bonds. The second-order valence-corrected chi connectivity index (χ2v) is 11.7. The van der Waals surface area contributed by atoms with E-state index in [1.165, 1.54) is 11.2 Å². The van der Waals surface area contributed by atoms with E-state index in [1.54, 1.807) is 24.4 Å². The number of H-pyrrole nitrogens is 1. The predicted molar refractivity (Wildman–Crippen MR) is 156 cm³/mol. The lowest BCUT2D eigenvalue weighted by Crippen LogP contribution is -2.66. The molecule has 4 aromatic rings. The summed E-state index contributed by atoms with van der Waals surface area (Å²) in [5.41, 5.74) is -0.326. The number of likely N-dealkylation sites (tertiary alicyclic amines) is 1. The van der Waals surface area contributed by atoms with Crippen molar-refractivity contribution in [2.75, 3.05) is 18.5 Å². The monoisotopic (exact) mass is 577 g/mol. The van der Waals surface area contributed by atoms with Gasteiger partial charge < -0.3 is 25.3 Å². The zero-order valence-electron chi connectivity index (χ0n) is 23.0. The van der Waals surface area contributed by atoms with Gasteiger partial charge in [0.05, 0.1) is 28.1 Å². The van der Waals surface area contributed by atoms with Gasteiger partial charge in [0.25, 0.3) is 0 Å². The van der Waals surface area contributed by atoms with Crippen molar-refractivity contribution in [2.24, 2.45) is 5.41 Å². The van der Waals surface area contributed by atoms with E-state index in [0.29, 0.717) is 46.8 Å². The van der Waals surface area contributed by atoms with Crippen LogP contribution < -0.4 is 10.1 Å². The van der Waals surface area contributed by atoms with Crippen molar-refractivity contribution in [1.29, 1.82) is 0 Å². The van der Waals surface area contributed by atoms with Crippen LogP contribution in [0.15, 0.2) is 61.1 Å². The Morgan fingerprint density at radius 3 is 2.56 bits per heavy atom. The molecule has 1 fully saturated rings. The summed E-state index contributed by atoms with van der Waals surface area (Å²) < 4.78 is 5.83. The lowest BCUT2D eigenvalue weighted by Gasteiger charge is -2.54. The highest BCUT2D eigenvalue weighted by Crippen LogP contribution is 2.43. The number of para-hydroxylation sites is 1. The number of hydrogen-bond acceptors (Lipinski definition) is 7. The van der Waals surface area contributed by atoms with Crippen molar-refractivity contribution < 1.29 is 24.5 Å². The van der Waals surface area contributed by atoms with E-state index >= 15 is 0 Å². The van der Waals surface area contributed by atoms with Crippen LogP contribution in [0.5, 0.6) is 11.5 Å². The molecule has 0 radical (unpaired) electrons. The van der Waals surface area contributed by atoms with Crippen molar-refractivity contribution >= 4 is 40.3 Å². The number of halogens is 1. The molecule has 2 unspecified atom stereocenters. The number of anilines is 1. The summed E-state index contributed by atoms with van der Waals surface area (Å²) in [6.45, 7) is 5.67. The van der Waals surface area contributed by atoms with Crippen LogP contribution in [0.2, 0.25) is 5.02 Å². The summed E-state index contributed by atoms with van der Waals surface area (Å²) in [5, 5.41) is 24.4. The molecule has 41 heavy (non-hydrogen) atoms. The Hall–Kier alpha value is -4.15. The van der Waals surface area contributed by atoms with Gasteiger partial charge in [-0.1, -0.05) is 50.6 Å². The Morgan fingerprint density at radius 1 is 1.15 bits per heavy atom. The number of carbonyl (C=O) groups excluding carboxylic acids is 1. The number of aromatic amines is 1. The standard InChI is InChI=1S/C30H32ClN5O5/c1-29(2,3)30(16-37)12-11-18(15-36(30)28(39)40)35-27-24-22(14-32-26(24)33-17-34-27)25(38)21-10-9-20(13-23(21)31)41-19-7-5-4-6-8-19/h4-10,13-14,17-18,37H,11-12,15-16H2,1-3H3,(H,39,40)(H2,32,33,34,35). The van der Waals surface area contributed by atoms with Crippen LogP contribution in [0.4, 0.5) is 10.6 Å². The van der Waals surface area contributed by atoms with E-state index < -0.39 is 17.0 Å². The number of ketones is 1. The highest BCUT2D eigenvalue weighted by atomic mass is 35.5. The van der Waals surface area contributed by atoms with Gasteiger partial charge >= 0.3 is 6.09 Å². The summed E-state index contributed by atoms with van der Waals surface area (Å²) in [5.74, 6) is 1.22. The predicted octanol–water partition coefficient (Wildman–Crippen LogP) is 5.97. The number of aromatic nitrogens is 3. The average molecular weight is 578 g/mol. The second kappa shape index (κ2) is 11.0. The number of aliphatic hydroxyl groups is 1. The maximum Gasteiger partial charge on any atom is 0.407 e. The van der Waals surface area contributed by atoms with Crippen LogP contribution in [0, 0.1) is 5.41 Å². The fraction of sp³-hybridized carbons (Fsp3) is 0.333. The third-order valence-corrected chi connectivity index (χ3v) is 8.25. The van der Waals surface area contributed by atoms with E-state index in [2.05, 4.69) is 20.3 Å². The van der Waals surface area contributed by atoms with Crippen molar-refractivity contribution in [2.45, 2.75) is 45.2 Å². The molecular formula is C30H32ClN5O5. The Kier molecular flexibility index (Phi) is 7.63. The molecule has 11 heteroatoms. The number of carbonyl (C=O) groups is 2.